The Balaban J connectivity index is 1.80. The van der Waals surface area contributed by atoms with Gasteiger partial charge >= 0.3 is 5.97 Å². The predicted molar refractivity (Wildman–Crippen MR) is 79.0 cm³/mol. The highest BCUT2D eigenvalue weighted by atomic mass is 35.5. The first-order valence-corrected chi connectivity index (χ1v) is 6.88. The second-order valence-corrected chi connectivity index (χ2v) is 4.93. The topological polar surface area (TPSA) is 39.2 Å². The molecule has 20 heavy (non-hydrogen) atoms. The van der Waals surface area contributed by atoms with Gasteiger partial charge in [-0.15, -0.1) is 0 Å². The average Bonchev–Trinajstić information content (AvgIpc) is 2.43. The molecule has 0 unspecified atom stereocenters. The maximum Gasteiger partial charge on any atom is 0.338 e. The van der Waals surface area contributed by atoms with E-state index in [1.54, 1.807) is 13.0 Å². The summed E-state index contributed by atoms with van der Waals surface area (Å²) in [5.74, 6) is -0.356. The molecule has 1 aromatic heterocycles. The summed E-state index contributed by atoms with van der Waals surface area (Å²) in [5, 5.41) is 0.307. The molecule has 0 aliphatic carbocycles. The number of hydrogen-bond acceptors (Lipinski definition) is 3. The number of rotatable bonds is 5. The van der Waals surface area contributed by atoms with E-state index in [1.807, 2.05) is 18.2 Å². The fourth-order valence-electron chi connectivity index (χ4n) is 1.92. The van der Waals surface area contributed by atoms with Crippen molar-refractivity contribution in [3.63, 3.8) is 0 Å². The van der Waals surface area contributed by atoms with Crippen LogP contribution in [0.5, 0.6) is 0 Å². The smallest absolute Gasteiger partial charge is 0.338 e. The molecule has 4 heteroatoms. The maximum absolute atomic E-state index is 11.9. The molecule has 0 aliphatic rings. The lowest BCUT2D eigenvalue weighted by Crippen LogP contribution is -2.08. The van der Waals surface area contributed by atoms with Gasteiger partial charge < -0.3 is 4.74 Å². The van der Waals surface area contributed by atoms with Crippen LogP contribution >= 0.6 is 11.6 Å². The normalized spacial score (nSPS) is 10.3. The van der Waals surface area contributed by atoms with Crippen LogP contribution in [-0.4, -0.2) is 17.6 Å². The highest BCUT2D eigenvalue weighted by Crippen LogP contribution is 2.12. The van der Waals surface area contributed by atoms with E-state index in [4.69, 9.17) is 16.3 Å². The van der Waals surface area contributed by atoms with E-state index in [0.29, 0.717) is 23.0 Å². The molecule has 3 nitrogen and oxygen atoms in total. The first-order chi connectivity index (χ1) is 9.65. The molecule has 104 valence electrons. The van der Waals surface area contributed by atoms with Gasteiger partial charge in [-0.1, -0.05) is 41.9 Å². The molecule has 1 aromatic carbocycles. The van der Waals surface area contributed by atoms with Crippen molar-refractivity contribution >= 4 is 17.6 Å². The van der Waals surface area contributed by atoms with Crippen LogP contribution in [0.3, 0.4) is 0 Å². The molecule has 0 aliphatic heterocycles. The van der Waals surface area contributed by atoms with Crippen LogP contribution in [0, 0.1) is 6.92 Å². The van der Waals surface area contributed by atoms with Gasteiger partial charge in [0, 0.05) is 5.69 Å². The molecular weight excluding hydrogens is 274 g/mol. The number of hydrogen-bond donors (Lipinski definition) is 0. The zero-order valence-corrected chi connectivity index (χ0v) is 12.1. The van der Waals surface area contributed by atoms with Crippen molar-refractivity contribution in [3.05, 3.63) is 64.4 Å². The van der Waals surface area contributed by atoms with E-state index in [0.717, 1.165) is 12.8 Å². The Kier molecular flexibility index (Phi) is 5.13. The Morgan fingerprint density at radius 3 is 2.70 bits per heavy atom. The van der Waals surface area contributed by atoms with Gasteiger partial charge in [-0.25, -0.2) is 9.78 Å². The first-order valence-electron chi connectivity index (χ1n) is 6.50. The van der Waals surface area contributed by atoms with Crippen LogP contribution in [0.25, 0.3) is 0 Å². The Labute approximate surface area is 123 Å². The fraction of sp³-hybridized carbons (Fsp3) is 0.250. The summed E-state index contributed by atoms with van der Waals surface area (Å²) >= 11 is 5.82. The van der Waals surface area contributed by atoms with E-state index >= 15 is 0 Å². The summed E-state index contributed by atoms with van der Waals surface area (Å²) in [4.78, 5) is 15.9. The van der Waals surface area contributed by atoms with E-state index in [2.05, 4.69) is 17.1 Å². The summed E-state index contributed by atoms with van der Waals surface area (Å²) < 4.78 is 5.23. The number of esters is 1. The van der Waals surface area contributed by atoms with Crippen molar-refractivity contribution in [2.24, 2.45) is 0 Å². The number of ether oxygens (including phenoxy) is 1. The van der Waals surface area contributed by atoms with Crippen LogP contribution in [0.4, 0.5) is 0 Å². The van der Waals surface area contributed by atoms with E-state index < -0.39 is 0 Å². The largest absolute Gasteiger partial charge is 0.462 e. The third kappa shape index (κ3) is 4.35. The summed E-state index contributed by atoms with van der Waals surface area (Å²) in [6.07, 6.45) is 1.69. The number of aromatic nitrogens is 1. The first kappa shape index (κ1) is 14.5. The Bertz CT molecular complexity index is 564. The Morgan fingerprint density at radius 2 is 2.00 bits per heavy atom. The molecule has 2 rings (SSSR count). The zero-order chi connectivity index (χ0) is 14.4. The van der Waals surface area contributed by atoms with E-state index in [-0.39, 0.29) is 5.97 Å². The number of halogens is 1. The quantitative estimate of drug-likeness (QED) is 0.477. The van der Waals surface area contributed by atoms with Crippen molar-refractivity contribution in [1.29, 1.82) is 0 Å². The lowest BCUT2D eigenvalue weighted by atomic mass is 10.1. The van der Waals surface area contributed by atoms with E-state index in [9.17, 15) is 4.79 Å². The second kappa shape index (κ2) is 7.06. The molecule has 0 spiro atoms. The van der Waals surface area contributed by atoms with Crippen molar-refractivity contribution in [3.8, 4) is 0 Å². The third-order valence-corrected chi connectivity index (χ3v) is 3.04. The molecule has 0 amide bonds. The van der Waals surface area contributed by atoms with Gasteiger partial charge in [-0.2, -0.15) is 0 Å². The molecule has 0 saturated heterocycles. The van der Waals surface area contributed by atoms with E-state index in [1.165, 1.54) is 11.6 Å². The molecule has 2 aromatic rings. The summed E-state index contributed by atoms with van der Waals surface area (Å²) in [7, 11) is 0. The molecule has 0 fully saturated rings. The van der Waals surface area contributed by atoms with Gasteiger partial charge in [0.15, 0.2) is 0 Å². The van der Waals surface area contributed by atoms with Gasteiger partial charge in [0.05, 0.1) is 12.2 Å². The third-order valence-electron chi connectivity index (χ3n) is 2.84. The molecular formula is C16H16ClNO2. The fourth-order valence-corrected chi connectivity index (χ4v) is 2.17. The van der Waals surface area contributed by atoms with Crippen molar-refractivity contribution in [1.82, 2.24) is 4.98 Å². The monoisotopic (exact) mass is 289 g/mol. The minimum atomic E-state index is -0.356. The highest BCUT2D eigenvalue weighted by molar-refractivity contribution is 6.29. The number of benzene rings is 1. The SMILES string of the molecule is Cc1cc(C(=O)OCCCc2ccccc2)cc(Cl)n1. The Morgan fingerprint density at radius 1 is 1.25 bits per heavy atom. The van der Waals surface area contributed by atoms with Crippen molar-refractivity contribution in [2.45, 2.75) is 19.8 Å². The van der Waals surface area contributed by atoms with Crippen molar-refractivity contribution in [2.75, 3.05) is 6.61 Å². The molecule has 0 saturated carbocycles. The predicted octanol–water partition coefficient (Wildman–Crippen LogP) is 3.83. The minimum absolute atomic E-state index is 0.307. The average molecular weight is 290 g/mol. The number of carbonyl (C=O) groups is 1. The van der Waals surface area contributed by atoms with Crippen LogP contribution in [0.2, 0.25) is 5.15 Å². The van der Waals surface area contributed by atoms with Crippen molar-refractivity contribution < 1.29 is 9.53 Å². The summed E-state index contributed by atoms with van der Waals surface area (Å²) in [5.41, 5.74) is 2.39. The van der Waals surface area contributed by atoms with Crippen LogP contribution in [-0.2, 0) is 11.2 Å². The molecule has 0 atom stereocenters. The lowest BCUT2D eigenvalue weighted by Gasteiger charge is -2.06. The summed E-state index contributed by atoms with van der Waals surface area (Å²) in [6.45, 7) is 2.19. The maximum atomic E-state index is 11.9. The van der Waals surface area contributed by atoms with Gasteiger partial charge in [0.25, 0.3) is 0 Å². The van der Waals surface area contributed by atoms with Crippen LogP contribution in [0.15, 0.2) is 42.5 Å². The number of nitrogens with zero attached hydrogens (tertiary/aromatic N) is 1. The van der Waals surface area contributed by atoms with Crippen LogP contribution < -0.4 is 0 Å². The Hall–Kier alpha value is -1.87. The highest BCUT2D eigenvalue weighted by Gasteiger charge is 2.09. The van der Waals surface area contributed by atoms with Gasteiger partial charge in [0.2, 0.25) is 0 Å². The zero-order valence-electron chi connectivity index (χ0n) is 11.3. The standard InChI is InChI=1S/C16H16ClNO2/c1-12-10-14(11-15(17)18-12)16(19)20-9-5-8-13-6-3-2-4-7-13/h2-4,6-7,10-11H,5,8-9H2,1H3. The van der Waals surface area contributed by atoms with Gasteiger partial charge in [-0.05, 0) is 37.5 Å². The lowest BCUT2D eigenvalue weighted by molar-refractivity contribution is 0.0500. The van der Waals surface area contributed by atoms with Gasteiger partial charge in [-0.3, -0.25) is 0 Å². The molecule has 0 bridgehead atoms. The number of carbonyl (C=O) groups excluding carboxylic acids is 1. The molecule has 0 radical (unpaired) electrons. The molecule has 1 heterocycles. The number of pyridine rings is 1. The van der Waals surface area contributed by atoms with Crippen LogP contribution in [0.1, 0.15) is 28.0 Å². The minimum Gasteiger partial charge on any atom is -0.462 e. The van der Waals surface area contributed by atoms with Gasteiger partial charge in [0.1, 0.15) is 5.15 Å². The summed E-state index contributed by atoms with van der Waals surface area (Å²) in [6, 6.07) is 13.3. The number of aryl methyl sites for hydroxylation is 2. The second-order valence-electron chi connectivity index (χ2n) is 4.54. The molecule has 0 N–H and O–H groups in total.